The Bertz CT molecular complexity index is 428. The van der Waals surface area contributed by atoms with Crippen LogP contribution in [-0.4, -0.2) is 4.98 Å². The number of hydrogen-bond donors (Lipinski definition) is 1. The number of aromatic amines is 1. The monoisotopic (exact) mass is 175 g/mol. The summed E-state index contributed by atoms with van der Waals surface area (Å²) in [6, 6.07) is 8.23. The highest BCUT2D eigenvalue weighted by atomic mass is 31.0. The van der Waals surface area contributed by atoms with Gasteiger partial charge >= 0.3 is 0 Å². The average molecular weight is 175 g/mol. The molecule has 12 heavy (non-hydrogen) atoms. The van der Waals surface area contributed by atoms with E-state index in [1.807, 2.05) is 18.2 Å². The second-order valence-corrected chi connectivity index (χ2v) is 3.28. The molecule has 1 unspecified atom stereocenters. The van der Waals surface area contributed by atoms with E-state index in [1.54, 1.807) is 0 Å². The summed E-state index contributed by atoms with van der Waals surface area (Å²) in [6.45, 7) is 3.74. The van der Waals surface area contributed by atoms with Crippen LogP contribution in [0.4, 0.5) is 0 Å². The molecule has 1 aromatic carbocycles. The molecule has 0 radical (unpaired) electrons. The molecule has 1 aromatic heterocycles. The number of para-hydroxylation sites is 1. The van der Waals surface area contributed by atoms with Crippen LogP contribution in [0, 0.1) is 0 Å². The Morgan fingerprint density at radius 3 is 2.75 bits per heavy atom. The van der Waals surface area contributed by atoms with Crippen molar-refractivity contribution in [3.05, 3.63) is 36.5 Å². The molecule has 2 heteroatoms. The van der Waals surface area contributed by atoms with E-state index in [1.165, 1.54) is 10.7 Å². The number of hydrogen-bond acceptors (Lipinski definition) is 0. The van der Waals surface area contributed by atoms with Crippen LogP contribution in [0.3, 0.4) is 0 Å². The van der Waals surface area contributed by atoms with Gasteiger partial charge in [0.1, 0.15) is 0 Å². The first-order valence-corrected chi connectivity index (χ1v) is 4.39. The quantitative estimate of drug-likeness (QED) is 0.640. The van der Waals surface area contributed by atoms with Gasteiger partial charge in [-0.05, 0) is 12.1 Å². The van der Waals surface area contributed by atoms with Gasteiger partial charge in [-0.15, -0.1) is 9.24 Å². The topological polar surface area (TPSA) is 15.8 Å². The highest BCUT2D eigenvalue weighted by Crippen LogP contribution is 2.15. The maximum Gasteiger partial charge on any atom is 0.0465 e. The zero-order chi connectivity index (χ0) is 8.55. The number of aromatic nitrogens is 1. The summed E-state index contributed by atoms with van der Waals surface area (Å²) < 4.78 is 0. The van der Waals surface area contributed by atoms with Crippen LogP contribution in [0.2, 0.25) is 0 Å². The molecule has 2 rings (SSSR count). The average Bonchev–Trinajstić information content (AvgIpc) is 2.44. The molecule has 0 amide bonds. The predicted octanol–water partition coefficient (Wildman–Crippen LogP) is 2.31. The first-order valence-electron chi connectivity index (χ1n) is 3.81. The molecule has 2 aromatic rings. The molecule has 0 saturated carbocycles. The van der Waals surface area contributed by atoms with Crippen LogP contribution in [0.15, 0.2) is 30.8 Å². The van der Waals surface area contributed by atoms with Gasteiger partial charge in [0, 0.05) is 21.9 Å². The molecule has 0 spiro atoms. The Balaban J connectivity index is 2.87. The van der Waals surface area contributed by atoms with Crippen LogP contribution in [0.5, 0.6) is 0 Å². The molecule has 0 saturated heterocycles. The third kappa shape index (κ3) is 0.981. The highest BCUT2D eigenvalue weighted by molar-refractivity contribution is 7.28. The summed E-state index contributed by atoms with van der Waals surface area (Å²) in [6.07, 6.45) is 1.84. The fraction of sp³-hybridized carbons (Fsp3) is 0. The van der Waals surface area contributed by atoms with Gasteiger partial charge in [0.2, 0.25) is 0 Å². The van der Waals surface area contributed by atoms with Crippen molar-refractivity contribution in [2.24, 2.45) is 0 Å². The summed E-state index contributed by atoms with van der Waals surface area (Å²) in [7, 11) is 2.73. The number of fused-ring (bicyclic) bond motifs is 1. The lowest BCUT2D eigenvalue weighted by molar-refractivity contribution is 1.45. The van der Waals surface area contributed by atoms with E-state index in [4.69, 9.17) is 0 Å². The van der Waals surface area contributed by atoms with Crippen molar-refractivity contribution < 1.29 is 0 Å². The number of H-pyrrole nitrogens is 1. The fourth-order valence-electron chi connectivity index (χ4n) is 1.35. The zero-order valence-electron chi connectivity index (χ0n) is 6.67. The molecular formula is C10H10NP. The van der Waals surface area contributed by atoms with Crippen LogP contribution < -0.4 is 5.30 Å². The van der Waals surface area contributed by atoms with Crippen molar-refractivity contribution in [1.82, 2.24) is 4.98 Å². The highest BCUT2D eigenvalue weighted by Gasteiger charge is 2.02. The molecule has 60 valence electrons. The van der Waals surface area contributed by atoms with E-state index < -0.39 is 0 Å². The van der Waals surface area contributed by atoms with E-state index in [0.29, 0.717) is 0 Å². The van der Waals surface area contributed by atoms with E-state index in [2.05, 4.69) is 32.9 Å². The maximum atomic E-state index is 3.74. The molecule has 0 aliphatic carbocycles. The summed E-state index contributed by atoms with van der Waals surface area (Å²) in [5, 5.41) is 2.44. The smallest absolute Gasteiger partial charge is 0.0465 e. The molecule has 1 heterocycles. The third-order valence-electron chi connectivity index (χ3n) is 1.98. The van der Waals surface area contributed by atoms with Gasteiger partial charge in [-0.1, -0.05) is 24.8 Å². The van der Waals surface area contributed by atoms with E-state index in [-0.39, 0.29) is 0 Å². The lowest BCUT2D eigenvalue weighted by Crippen LogP contribution is -1.90. The zero-order valence-corrected chi connectivity index (χ0v) is 7.83. The van der Waals surface area contributed by atoms with Crippen molar-refractivity contribution in [2.75, 3.05) is 0 Å². The summed E-state index contributed by atoms with van der Waals surface area (Å²) in [5.74, 6) is 0. The lowest BCUT2D eigenvalue weighted by Gasteiger charge is -1.88. The Kier molecular flexibility index (Phi) is 1.74. The SMILES string of the molecule is C=Cc1[nH]c2ccccc2c1P. The minimum Gasteiger partial charge on any atom is -0.355 e. The van der Waals surface area contributed by atoms with E-state index >= 15 is 0 Å². The van der Waals surface area contributed by atoms with Crippen LogP contribution >= 0.6 is 9.24 Å². The minimum absolute atomic E-state index is 1.08. The van der Waals surface area contributed by atoms with Gasteiger partial charge < -0.3 is 4.98 Å². The normalized spacial score (nSPS) is 10.4. The van der Waals surface area contributed by atoms with Crippen molar-refractivity contribution in [3.63, 3.8) is 0 Å². The Morgan fingerprint density at radius 1 is 1.33 bits per heavy atom. The first kappa shape index (κ1) is 7.57. The van der Waals surface area contributed by atoms with E-state index in [0.717, 1.165) is 11.2 Å². The van der Waals surface area contributed by atoms with Crippen molar-refractivity contribution in [2.45, 2.75) is 0 Å². The van der Waals surface area contributed by atoms with Gasteiger partial charge in [-0.2, -0.15) is 0 Å². The molecule has 0 bridgehead atoms. The van der Waals surface area contributed by atoms with Gasteiger partial charge in [0.05, 0.1) is 0 Å². The molecule has 0 aliphatic heterocycles. The van der Waals surface area contributed by atoms with Crippen molar-refractivity contribution in [3.8, 4) is 0 Å². The lowest BCUT2D eigenvalue weighted by atomic mass is 10.2. The van der Waals surface area contributed by atoms with Crippen LogP contribution in [-0.2, 0) is 0 Å². The Labute approximate surface area is 73.7 Å². The summed E-state index contributed by atoms with van der Waals surface area (Å²) in [5.41, 5.74) is 2.25. The largest absolute Gasteiger partial charge is 0.355 e. The number of nitrogens with one attached hydrogen (secondary N) is 1. The Hall–Kier alpha value is -1.07. The first-order chi connectivity index (χ1) is 5.83. The number of benzene rings is 1. The molecule has 1 nitrogen and oxygen atoms in total. The van der Waals surface area contributed by atoms with Gasteiger partial charge in [-0.3, -0.25) is 0 Å². The predicted molar refractivity (Wildman–Crippen MR) is 57.7 cm³/mol. The minimum atomic E-state index is 1.08. The fourth-order valence-corrected chi connectivity index (χ4v) is 1.79. The molecule has 1 N–H and O–H groups in total. The second kappa shape index (κ2) is 2.76. The van der Waals surface area contributed by atoms with Gasteiger partial charge in [0.25, 0.3) is 0 Å². The van der Waals surface area contributed by atoms with Crippen molar-refractivity contribution >= 4 is 31.5 Å². The van der Waals surface area contributed by atoms with Gasteiger partial charge in [0.15, 0.2) is 0 Å². The summed E-state index contributed by atoms with van der Waals surface area (Å²) in [4.78, 5) is 3.27. The van der Waals surface area contributed by atoms with Gasteiger partial charge in [-0.25, -0.2) is 0 Å². The number of rotatable bonds is 1. The third-order valence-corrected chi connectivity index (χ3v) is 2.60. The maximum absolute atomic E-state index is 3.74. The summed E-state index contributed by atoms with van der Waals surface area (Å²) >= 11 is 0. The molecule has 1 atom stereocenters. The van der Waals surface area contributed by atoms with Crippen LogP contribution in [0.1, 0.15) is 5.69 Å². The Morgan fingerprint density at radius 2 is 2.08 bits per heavy atom. The molecular weight excluding hydrogens is 165 g/mol. The second-order valence-electron chi connectivity index (χ2n) is 2.70. The molecule has 0 aliphatic rings. The van der Waals surface area contributed by atoms with Crippen molar-refractivity contribution in [1.29, 1.82) is 0 Å². The van der Waals surface area contributed by atoms with Crippen LogP contribution in [0.25, 0.3) is 17.0 Å². The molecule has 0 fully saturated rings. The standard InChI is InChI=1S/C10H10NP/c1-2-8-10(12)7-5-3-4-6-9(7)11-8/h2-6,11H,1,12H2. The van der Waals surface area contributed by atoms with E-state index in [9.17, 15) is 0 Å².